The molecule has 0 atom stereocenters. The number of hydrogen-bond donors (Lipinski definition) is 1. The second kappa shape index (κ2) is 3.75. The van der Waals surface area contributed by atoms with E-state index in [1.807, 2.05) is 18.2 Å². The summed E-state index contributed by atoms with van der Waals surface area (Å²) in [4.78, 5) is 0. The average Bonchev–Trinajstić information content (AvgIpc) is 2.80. The maximum absolute atomic E-state index is 10.1. The molecule has 0 aliphatic carbocycles. The molecule has 1 heterocycles. The van der Waals surface area contributed by atoms with E-state index in [4.69, 9.17) is 4.42 Å². The smallest absolute Gasteiger partial charge is 0.153 e. The first-order chi connectivity index (χ1) is 9.24. The Bertz CT molecular complexity index is 938. The van der Waals surface area contributed by atoms with Crippen molar-refractivity contribution in [2.45, 2.75) is 0 Å². The van der Waals surface area contributed by atoms with E-state index in [0.717, 1.165) is 31.6 Å². The number of phenols is 1. The Balaban J connectivity index is 2.30. The van der Waals surface area contributed by atoms with E-state index in [9.17, 15) is 5.11 Å². The van der Waals surface area contributed by atoms with Gasteiger partial charge >= 0.3 is 0 Å². The van der Waals surface area contributed by atoms with E-state index < -0.39 is 0 Å². The lowest BCUT2D eigenvalue weighted by Gasteiger charge is -1.98. The lowest BCUT2D eigenvalue weighted by molar-refractivity contribution is 0.481. The third-order valence-corrected chi connectivity index (χ3v) is 4.04. The first kappa shape index (κ1) is 10.9. The summed E-state index contributed by atoms with van der Waals surface area (Å²) < 4.78 is 6.71. The monoisotopic (exact) mass is 312 g/mol. The molecule has 0 saturated carbocycles. The number of rotatable bonds is 0. The Morgan fingerprint density at radius 2 is 1.68 bits per heavy atom. The van der Waals surface area contributed by atoms with Crippen LogP contribution in [0.5, 0.6) is 5.75 Å². The number of aromatic hydroxyl groups is 1. The summed E-state index contributed by atoms with van der Waals surface area (Å²) in [6.45, 7) is 0. The van der Waals surface area contributed by atoms with Crippen LogP contribution in [0.2, 0.25) is 0 Å². The fourth-order valence-electron chi connectivity index (χ4n) is 2.52. The highest BCUT2D eigenvalue weighted by Gasteiger charge is 2.14. The van der Waals surface area contributed by atoms with E-state index in [-0.39, 0.29) is 5.75 Å². The Kier molecular flexibility index (Phi) is 2.15. The second-order valence-corrected chi connectivity index (χ2v) is 5.42. The molecular formula is C16H9BrO2. The highest BCUT2D eigenvalue weighted by atomic mass is 79.9. The van der Waals surface area contributed by atoms with Crippen molar-refractivity contribution in [2.24, 2.45) is 0 Å². The zero-order chi connectivity index (χ0) is 13.0. The number of phenolic OH excluding ortho intramolecular Hbond substituents is 1. The van der Waals surface area contributed by atoms with Crippen molar-refractivity contribution in [1.82, 2.24) is 0 Å². The number of hydrogen-bond acceptors (Lipinski definition) is 2. The second-order valence-electron chi connectivity index (χ2n) is 4.57. The number of fused-ring (bicyclic) bond motifs is 4. The molecule has 0 spiro atoms. The van der Waals surface area contributed by atoms with Crippen LogP contribution < -0.4 is 0 Å². The summed E-state index contributed by atoms with van der Waals surface area (Å²) >= 11 is 3.46. The largest absolute Gasteiger partial charge is 0.507 e. The van der Waals surface area contributed by atoms with E-state index >= 15 is 0 Å². The summed E-state index contributed by atoms with van der Waals surface area (Å²) in [6.07, 6.45) is 0. The van der Waals surface area contributed by atoms with Gasteiger partial charge in [0.25, 0.3) is 0 Å². The van der Waals surface area contributed by atoms with Crippen LogP contribution in [0.4, 0.5) is 0 Å². The molecule has 0 fully saturated rings. The maximum atomic E-state index is 10.1. The van der Waals surface area contributed by atoms with Gasteiger partial charge in [-0.05, 0) is 51.0 Å². The number of halogens is 1. The molecule has 3 aromatic carbocycles. The van der Waals surface area contributed by atoms with Crippen LogP contribution in [-0.2, 0) is 0 Å². The fourth-order valence-corrected chi connectivity index (χ4v) is 2.93. The molecule has 0 radical (unpaired) electrons. The normalized spacial score (nSPS) is 11.6. The highest BCUT2D eigenvalue weighted by Crippen LogP contribution is 2.40. The zero-order valence-electron chi connectivity index (χ0n) is 9.85. The van der Waals surface area contributed by atoms with Crippen molar-refractivity contribution in [3.63, 3.8) is 0 Å². The van der Waals surface area contributed by atoms with Gasteiger partial charge in [0.15, 0.2) is 5.58 Å². The summed E-state index contributed by atoms with van der Waals surface area (Å²) in [5.74, 6) is 0.243. The van der Waals surface area contributed by atoms with Gasteiger partial charge in [-0.25, -0.2) is 0 Å². The minimum Gasteiger partial charge on any atom is -0.507 e. The van der Waals surface area contributed by atoms with Gasteiger partial charge in [-0.15, -0.1) is 0 Å². The predicted octanol–water partition coefficient (Wildman–Crippen LogP) is 5.21. The van der Waals surface area contributed by atoms with Gasteiger partial charge in [0.05, 0.1) is 9.86 Å². The van der Waals surface area contributed by atoms with Crippen LogP contribution in [0.15, 0.2) is 57.4 Å². The summed E-state index contributed by atoms with van der Waals surface area (Å²) in [6, 6.07) is 15.7. The standard InChI is InChI=1S/C16H9BrO2/c17-12-5-6-13(18)15-11-7-9-3-1-2-4-10(9)8-14(11)19-16(12)15/h1-8,18H. The molecular weight excluding hydrogens is 304 g/mol. The van der Waals surface area contributed by atoms with Crippen molar-refractivity contribution in [2.75, 3.05) is 0 Å². The molecule has 92 valence electrons. The Hall–Kier alpha value is -2.00. The maximum Gasteiger partial charge on any atom is 0.153 e. The van der Waals surface area contributed by atoms with Gasteiger partial charge in [-0.2, -0.15) is 0 Å². The van der Waals surface area contributed by atoms with Crippen molar-refractivity contribution >= 4 is 48.6 Å². The van der Waals surface area contributed by atoms with E-state index in [1.165, 1.54) is 0 Å². The molecule has 19 heavy (non-hydrogen) atoms. The molecule has 3 heteroatoms. The summed E-state index contributed by atoms with van der Waals surface area (Å²) in [5, 5.41) is 14.0. The first-order valence-corrected chi connectivity index (χ1v) is 6.76. The topological polar surface area (TPSA) is 33.4 Å². The van der Waals surface area contributed by atoms with Crippen LogP contribution >= 0.6 is 15.9 Å². The molecule has 0 saturated heterocycles. The summed E-state index contributed by atoms with van der Waals surface area (Å²) in [7, 11) is 0. The van der Waals surface area contributed by atoms with Crippen LogP contribution in [0, 0.1) is 0 Å². The van der Waals surface area contributed by atoms with E-state index in [0.29, 0.717) is 5.58 Å². The first-order valence-electron chi connectivity index (χ1n) is 5.96. The molecule has 0 aliphatic heterocycles. The molecule has 4 aromatic rings. The molecule has 0 unspecified atom stereocenters. The Morgan fingerprint density at radius 1 is 0.947 bits per heavy atom. The molecule has 4 rings (SSSR count). The highest BCUT2D eigenvalue weighted by molar-refractivity contribution is 9.10. The van der Waals surface area contributed by atoms with Gasteiger partial charge in [-0.1, -0.05) is 24.3 Å². The molecule has 1 aromatic heterocycles. The van der Waals surface area contributed by atoms with Gasteiger partial charge in [0.2, 0.25) is 0 Å². The minimum absolute atomic E-state index is 0.243. The third kappa shape index (κ3) is 1.48. The van der Waals surface area contributed by atoms with Gasteiger partial charge < -0.3 is 9.52 Å². The van der Waals surface area contributed by atoms with Crippen LogP contribution in [-0.4, -0.2) is 5.11 Å². The van der Waals surface area contributed by atoms with Crippen LogP contribution in [0.25, 0.3) is 32.7 Å². The van der Waals surface area contributed by atoms with E-state index in [2.05, 4.69) is 34.1 Å². The van der Waals surface area contributed by atoms with E-state index in [1.54, 1.807) is 12.1 Å². The molecule has 0 bridgehead atoms. The molecule has 1 N–H and O–H groups in total. The minimum atomic E-state index is 0.243. The fraction of sp³-hybridized carbons (Fsp3) is 0. The molecule has 0 amide bonds. The quantitative estimate of drug-likeness (QED) is 0.483. The van der Waals surface area contributed by atoms with Gasteiger partial charge in [0, 0.05) is 5.39 Å². The molecule has 2 nitrogen and oxygen atoms in total. The van der Waals surface area contributed by atoms with Crippen molar-refractivity contribution < 1.29 is 9.52 Å². The van der Waals surface area contributed by atoms with Gasteiger partial charge in [0.1, 0.15) is 11.3 Å². The Labute approximate surface area is 117 Å². The zero-order valence-corrected chi connectivity index (χ0v) is 11.4. The third-order valence-electron chi connectivity index (χ3n) is 3.42. The van der Waals surface area contributed by atoms with Crippen molar-refractivity contribution in [3.8, 4) is 5.75 Å². The molecule has 0 aliphatic rings. The number of furan rings is 1. The van der Waals surface area contributed by atoms with Crippen LogP contribution in [0.3, 0.4) is 0 Å². The lowest BCUT2D eigenvalue weighted by Crippen LogP contribution is -1.73. The Morgan fingerprint density at radius 3 is 2.47 bits per heavy atom. The lowest BCUT2D eigenvalue weighted by atomic mass is 10.1. The average molecular weight is 313 g/mol. The van der Waals surface area contributed by atoms with Crippen LogP contribution in [0.1, 0.15) is 0 Å². The summed E-state index contributed by atoms with van der Waals surface area (Å²) in [5.41, 5.74) is 1.47. The number of benzene rings is 3. The van der Waals surface area contributed by atoms with Gasteiger partial charge in [-0.3, -0.25) is 0 Å². The van der Waals surface area contributed by atoms with Crippen molar-refractivity contribution in [1.29, 1.82) is 0 Å². The van der Waals surface area contributed by atoms with Crippen molar-refractivity contribution in [3.05, 3.63) is 53.0 Å². The SMILES string of the molecule is Oc1ccc(Br)c2oc3cc4ccccc4cc3c12. The predicted molar refractivity (Wildman–Crippen MR) is 80.6 cm³/mol.